The second kappa shape index (κ2) is 6.40. The van der Waals surface area contributed by atoms with Crippen molar-refractivity contribution in [1.82, 2.24) is 4.98 Å². The number of hydrogen-bond acceptors (Lipinski definition) is 4. The molecule has 1 aromatic carbocycles. The third-order valence-electron chi connectivity index (χ3n) is 4.02. The number of hydrogen-bond donors (Lipinski definition) is 0. The highest BCUT2D eigenvalue weighted by atomic mass is 19.4. The summed E-state index contributed by atoms with van der Waals surface area (Å²) < 4.78 is 38.5. The molecule has 124 valence electrons. The molecule has 0 radical (unpaired) electrons. The van der Waals surface area contributed by atoms with Gasteiger partial charge in [0.05, 0.1) is 17.2 Å². The molecule has 24 heavy (non-hydrogen) atoms. The van der Waals surface area contributed by atoms with E-state index in [1.807, 2.05) is 9.80 Å². The first-order valence-electron chi connectivity index (χ1n) is 7.51. The first kappa shape index (κ1) is 16.1. The summed E-state index contributed by atoms with van der Waals surface area (Å²) in [6.45, 7) is 2.47. The molecule has 1 saturated heterocycles. The maximum absolute atomic E-state index is 12.8. The van der Waals surface area contributed by atoms with Crippen LogP contribution < -0.4 is 9.80 Å². The van der Waals surface area contributed by atoms with E-state index in [0.717, 1.165) is 11.9 Å². The molecule has 2 heterocycles. The van der Waals surface area contributed by atoms with Crippen molar-refractivity contribution in [2.75, 3.05) is 36.0 Å². The SMILES string of the molecule is N#Cc1ccnc(N2CCN(c3cccc(C(F)(F)F)c3)CC2)c1. The van der Waals surface area contributed by atoms with Gasteiger partial charge in [0.25, 0.3) is 0 Å². The van der Waals surface area contributed by atoms with Crippen LogP contribution in [-0.2, 0) is 6.18 Å². The second-order valence-electron chi connectivity index (χ2n) is 5.54. The Labute approximate surface area is 137 Å². The van der Waals surface area contributed by atoms with E-state index in [9.17, 15) is 13.2 Å². The predicted molar refractivity (Wildman–Crippen MR) is 84.8 cm³/mol. The lowest BCUT2D eigenvalue weighted by Crippen LogP contribution is -2.46. The van der Waals surface area contributed by atoms with Crippen LogP contribution in [0, 0.1) is 11.3 Å². The van der Waals surface area contributed by atoms with Crippen LogP contribution in [0.5, 0.6) is 0 Å². The smallest absolute Gasteiger partial charge is 0.368 e. The molecule has 1 aliphatic heterocycles. The molecule has 0 aliphatic carbocycles. The topological polar surface area (TPSA) is 43.2 Å². The molecule has 3 rings (SSSR count). The molecular formula is C17H15F3N4. The summed E-state index contributed by atoms with van der Waals surface area (Å²) in [6, 6.07) is 10.8. The van der Waals surface area contributed by atoms with Crippen molar-refractivity contribution in [3.63, 3.8) is 0 Å². The Morgan fingerprint density at radius 3 is 2.38 bits per heavy atom. The maximum Gasteiger partial charge on any atom is 0.416 e. The zero-order chi connectivity index (χ0) is 17.2. The minimum Gasteiger partial charge on any atom is -0.368 e. The third-order valence-corrected chi connectivity index (χ3v) is 4.02. The van der Waals surface area contributed by atoms with Crippen LogP contribution in [0.25, 0.3) is 0 Å². The lowest BCUT2D eigenvalue weighted by molar-refractivity contribution is -0.137. The number of nitriles is 1. The maximum atomic E-state index is 12.8. The average Bonchev–Trinajstić information content (AvgIpc) is 2.61. The van der Waals surface area contributed by atoms with Crippen molar-refractivity contribution in [3.8, 4) is 6.07 Å². The Kier molecular flexibility index (Phi) is 4.30. The Morgan fingerprint density at radius 2 is 1.71 bits per heavy atom. The Hall–Kier alpha value is -2.75. The molecule has 1 aromatic heterocycles. The van der Waals surface area contributed by atoms with Crippen molar-refractivity contribution < 1.29 is 13.2 Å². The van der Waals surface area contributed by atoms with Gasteiger partial charge >= 0.3 is 6.18 Å². The molecule has 0 spiro atoms. The number of benzene rings is 1. The van der Waals surface area contributed by atoms with E-state index in [0.29, 0.717) is 37.4 Å². The molecule has 0 atom stereocenters. The molecule has 0 bridgehead atoms. The van der Waals surface area contributed by atoms with E-state index in [2.05, 4.69) is 11.1 Å². The molecule has 0 unspecified atom stereocenters. The number of anilines is 2. The summed E-state index contributed by atoms with van der Waals surface area (Å²) in [7, 11) is 0. The van der Waals surface area contributed by atoms with E-state index in [1.165, 1.54) is 12.1 Å². The highest BCUT2D eigenvalue weighted by Crippen LogP contribution is 2.32. The van der Waals surface area contributed by atoms with E-state index < -0.39 is 11.7 Å². The van der Waals surface area contributed by atoms with Gasteiger partial charge in [0.1, 0.15) is 5.82 Å². The van der Waals surface area contributed by atoms with Crippen LogP contribution in [0.1, 0.15) is 11.1 Å². The van der Waals surface area contributed by atoms with Gasteiger partial charge in [0.15, 0.2) is 0 Å². The van der Waals surface area contributed by atoms with E-state index >= 15 is 0 Å². The van der Waals surface area contributed by atoms with Gasteiger partial charge in [-0.2, -0.15) is 18.4 Å². The zero-order valence-electron chi connectivity index (χ0n) is 12.8. The summed E-state index contributed by atoms with van der Waals surface area (Å²) in [5, 5.41) is 8.95. The zero-order valence-corrected chi connectivity index (χ0v) is 12.8. The Morgan fingerprint density at radius 1 is 1.00 bits per heavy atom. The Balaban J connectivity index is 1.70. The average molecular weight is 332 g/mol. The summed E-state index contributed by atoms with van der Waals surface area (Å²) in [5.41, 5.74) is 0.481. The van der Waals surface area contributed by atoms with Crippen molar-refractivity contribution in [3.05, 3.63) is 53.7 Å². The lowest BCUT2D eigenvalue weighted by atomic mass is 10.1. The Bertz CT molecular complexity index is 759. The number of nitrogens with zero attached hydrogens (tertiary/aromatic N) is 4. The number of rotatable bonds is 2. The molecule has 0 N–H and O–H groups in total. The predicted octanol–water partition coefficient (Wildman–Crippen LogP) is 3.30. The quantitative estimate of drug-likeness (QED) is 0.846. The molecule has 7 heteroatoms. The van der Waals surface area contributed by atoms with Gasteiger partial charge in [-0.15, -0.1) is 0 Å². The molecule has 2 aromatic rings. The molecule has 1 fully saturated rings. The van der Waals surface area contributed by atoms with Crippen LogP contribution >= 0.6 is 0 Å². The van der Waals surface area contributed by atoms with Gasteiger partial charge in [-0.3, -0.25) is 0 Å². The number of halogens is 3. The van der Waals surface area contributed by atoms with Gasteiger partial charge in [0.2, 0.25) is 0 Å². The van der Waals surface area contributed by atoms with E-state index in [1.54, 1.807) is 24.4 Å². The first-order chi connectivity index (χ1) is 11.5. The van der Waals surface area contributed by atoms with Crippen LogP contribution in [0.2, 0.25) is 0 Å². The third kappa shape index (κ3) is 3.43. The van der Waals surface area contributed by atoms with Crippen molar-refractivity contribution in [1.29, 1.82) is 5.26 Å². The number of pyridine rings is 1. The van der Waals surface area contributed by atoms with Crippen LogP contribution in [-0.4, -0.2) is 31.2 Å². The second-order valence-corrected chi connectivity index (χ2v) is 5.54. The van der Waals surface area contributed by atoms with Gasteiger partial charge < -0.3 is 9.80 Å². The summed E-state index contributed by atoms with van der Waals surface area (Å²) in [6.07, 6.45) is -2.74. The monoisotopic (exact) mass is 332 g/mol. The molecular weight excluding hydrogens is 317 g/mol. The normalized spacial score (nSPS) is 15.2. The molecule has 0 amide bonds. The van der Waals surface area contributed by atoms with Gasteiger partial charge in [-0.25, -0.2) is 4.98 Å². The van der Waals surface area contributed by atoms with E-state index in [-0.39, 0.29) is 0 Å². The van der Waals surface area contributed by atoms with Crippen LogP contribution in [0.3, 0.4) is 0 Å². The molecule has 1 aliphatic rings. The summed E-state index contributed by atoms with van der Waals surface area (Å²) >= 11 is 0. The number of piperazine rings is 1. The van der Waals surface area contributed by atoms with Gasteiger partial charge in [-0.1, -0.05) is 6.07 Å². The first-order valence-corrected chi connectivity index (χ1v) is 7.51. The standard InChI is InChI=1S/C17H15F3N4/c18-17(19,20)14-2-1-3-15(11-14)23-6-8-24(9-7-23)16-10-13(12-21)4-5-22-16/h1-5,10-11H,6-9H2. The van der Waals surface area contributed by atoms with Gasteiger partial charge in [0, 0.05) is 38.1 Å². The minimum atomic E-state index is -4.33. The fourth-order valence-electron chi connectivity index (χ4n) is 2.73. The van der Waals surface area contributed by atoms with Crippen LogP contribution in [0.4, 0.5) is 24.7 Å². The fraction of sp³-hybridized carbons (Fsp3) is 0.294. The fourth-order valence-corrected chi connectivity index (χ4v) is 2.73. The minimum absolute atomic E-state index is 0.542. The highest BCUT2D eigenvalue weighted by Gasteiger charge is 2.31. The number of aromatic nitrogens is 1. The van der Waals surface area contributed by atoms with Crippen LogP contribution in [0.15, 0.2) is 42.6 Å². The number of alkyl halides is 3. The molecule has 4 nitrogen and oxygen atoms in total. The van der Waals surface area contributed by atoms with E-state index in [4.69, 9.17) is 5.26 Å². The van der Waals surface area contributed by atoms with Crippen molar-refractivity contribution in [2.24, 2.45) is 0 Å². The van der Waals surface area contributed by atoms with Crippen molar-refractivity contribution >= 4 is 11.5 Å². The summed E-state index contributed by atoms with van der Waals surface area (Å²) in [4.78, 5) is 8.23. The lowest BCUT2D eigenvalue weighted by Gasteiger charge is -2.37. The highest BCUT2D eigenvalue weighted by molar-refractivity contribution is 5.52. The summed E-state index contributed by atoms with van der Waals surface area (Å²) in [5.74, 6) is 0.720. The molecule has 0 saturated carbocycles. The largest absolute Gasteiger partial charge is 0.416 e. The van der Waals surface area contributed by atoms with Crippen molar-refractivity contribution in [2.45, 2.75) is 6.18 Å². The van der Waals surface area contributed by atoms with Gasteiger partial charge in [-0.05, 0) is 30.3 Å².